The Morgan fingerprint density at radius 1 is 0.906 bits per heavy atom. The molecule has 0 unspecified atom stereocenters. The second kappa shape index (κ2) is 13.0. The lowest BCUT2D eigenvalue weighted by molar-refractivity contribution is 0.0718. The van der Waals surface area contributed by atoms with Gasteiger partial charge in [0.15, 0.2) is 0 Å². The maximum absolute atomic E-state index is 11.2. The van der Waals surface area contributed by atoms with E-state index in [1.165, 1.54) is 45.2 Å². The fourth-order valence-corrected chi connectivity index (χ4v) is 4.68. The quantitative estimate of drug-likeness (QED) is 0.628. The zero-order chi connectivity index (χ0) is 20.8. The topological polar surface area (TPSA) is 58.8 Å². The van der Waals surface area contributed by atoms with Crippen LogP contribution in [0.2, 0.25) is 0 Å². The highest BCUT2D eigenvalue weighted by Gasteiger charge is 2.24. The Bertz CT molecular complexity index is 833. The van der Waals surface area contributed by atoms with Crippen LogP contribution in [0.5, 0.6) is 5.75 Å². The molecule has 32 heavy (non-hydrogen) atoms. The molecule has 5 nitrogen and oxygen atoms in total. The van der Waals surface area contributed by atoms with Crippen LogP contribution in [-0.2, 0) is 0 Å². The SMILES string of the molecule is Cl.Cl.NC(=O)c1ccc(-c2cccc(OCCN3CCN(C4CCCCC4)CC3)c2)cc1. The molecule has 1 saturated heterocycles. The van der Waals surface area contributed by atoms with Crippen LogP contribution in [0.1, 0.15) is 42.5 Å². The van der Waals surface area contributed by atoms with E-state index >= 15 is 0 Å². The number of hydrogen-bond donors (Lipinski definition) is 1. The van der Waals surface area contributed by atoms with Crippen molar-refractivity contribution in [3.05, 3.63) is 54.1 Å². The number of hydrogen-bond acceptors (Lipinski definition) is 4. The van der Waals surface area contributed by atoms with Gasteiger partial charge in [0.25, 0.3) is 0 Å². The van der Waals surface area contributed by atoms with Gasteiger partial charge < -0.3 is 10.5 Å². The van der Waals surface area contributed by atoms with Gasteiger partial charge in [-0.25, -0.2) is 0 Å². The number of nitrogens with zero attached hydrogens (tertiary/aromatic N) is 2. The van der Waals surface area contributed by atoms with E-state index in [1.54, 1.807) is 12.1 Å². The molecule has 0 atom stereocenters. The van der Waals surface area contributed by atoms with E-state index in [9.17, 15) is 4.79 Å². The highest BCUT2D eigenvalue weighted by Crippen LogP contribution is 2.25. The van der Waals surface area contributed by atoms with Gasteiger partial charge in [0, 0.05) is 44.3 Å². The second-order valence-electron chi connectivity index (χ2n) is 8.49. The maximum atomic E-state index is 11.2. The van der Waals surface area contributed by atoms with Crippen LogP contribution < -0.4 is 10.5 Å². The first kappa shape index (κ1) is 26.5. The van der Waals surface area contributed by atoms with Crippen LogP contribution in [0.25, 0.3) is 11.1 Å². The number of carbonyl (C=O) groups is 1. The van der Waals surface area contributed by atoms with Crippen molar-refractivity contribution in [2.45, 2.75) is 38.1 Å². The first-order chi connectivity index (χ1) is 14.7. The van der Waals surface area contributed by atoms with E-state index in [1.807, 2.05) is 24.3 Å². The summed E-state index contributed by atoms with van der Waals surface area (Å²) in [5.74, 6) is 0.477. The van der Waals surface area contributed by atoms with Crippen molar-refractivity contribution < 1.29 is 9.53 Å². The van der Waals surface area contributed by atoms with E-state index in [0.29, 0.717) is 12.2 Å². The third-order valence-electron chi connectivity index (χ3n) is 6.51. The number of primary amides is 1. The molecule has 2 aromatic carbocycles. The molecule has 7 heteroatoms. The summed E-state index contributed by atoms with van der Waals surface area (Å²) in [7, 11) is 0. The zero-order valence-electron chi connectivity index (χ0n) is 18.6. The normalized spacial score (nSPS) is 17.8. The van der Waals surface area contributed by atoms with Crippen molar-refractivity contribution >= 4 is 30.7 Å². The highest BCUT2D eigenvalue weighted by atomic mass is 35.5. The summed E-state index contributed by atoms with van der Waals surface area (Å²) in [5, 5.41) is 0. The van der Waals surface area contributed by atoms with Crippen LogP contribution >= 0.6 is 24.8 Å². The minimum Gasteiger partial charge on any atom is -0.492 e. The predicted octanol–water partition coefficient (Wildman–Crippen LogP) is 4.63. The Balaban J connectivity index is 0.00000181. The smallest absolute Gasteiger partial charge is 0.248 e. The van der Waals surface area contributed by atoms with Crippen LogP contribution in [0.3, 0.4) is 0 Å². The molecule has 2 aromatic rings. The monoisotopic (exact) mass is 479 g/mol. The molecule has 1 saturated carbocycles. The van der Waals surface area contributed by atoms with Gasteiger partial charge in [-0.05, 0) is 48.2 Å². The number of halogens is 2. The van der Waals surface area contributed by atoms with Crippen molar-refractivity contribution in [2.24, 2.45) is 5.73 Å². The standard InChI is InChI=1S/C25H33N3O2.2ClH/c26-25(29)21-11-9-20(10-12-21)22-5-4-8-24(19-22)30-18-17-27-13-15-28(16-14-27)23-6-2-1-3-7-23;;/h4-5,8-12,19,23H,1-3,6-7,13-18H2,(H2,26,29);2*1H. The molecule has 2 fully saturated rings. The van der Waals surface area contributed by atoms with Crippen LogP contribution in [0, 0.1) is 0 Å². The van der Waals surface area contributed by atoms with Gasteiger partial charge >= 0.3 is 0 Å². The summed E-state index contributed by atoms with van der Waals surface area (Å²) in [5.41, 5.74) is 7.97. The van der Waals surface area contributed by atoms with Gasteiger partial charge in [-0.3, -0.25) is 14.6 Å². The second-order valence-corrected chi connectivity index (χ2v) is 8.49. The fourth-order valence-electron chi connectivity index (χ4n) is 4.68. The third-order valence-corrected chi connectivity index (χ3v) is 6.51. The number of nitrogens with two attached hydrogens (primary N) is 1. The van der Waals surface area contributed by atoms with Crippen LogP contribution in [-0.4, -0.2) is 61.1 Å². The van der Waals surface area contributed by atoms with Crippen molar-refractivity contribution in [1.82, 2.24) is 9.80 Å². The zero-order valence-corrected chi connectivity index (χ0v) is 20.2. The van der Waals surface area contributed by atoms with Crippen molar-refractivity contribution in [3.8, 4) is 16.9 Å². The summed E-state index contributed by atoms with van der Waals surface area (Å²) < 4.78 is 6.05. The Labute approximate surface area is 204 Å². The number of ether oxygens (including phenoxy) is 1. The lowest BCUT2D eigenvalue weighted by Gasteiger charge is -2.40. The van der Waals surface area contributed by atoms with Gasteiger partial charge in [0.1, 0.15) is 12.4 Å². The Morgan fingerprint density at radius 3 is 2.25 bits per heavy atom. The molecule has 0 aromatic heterocycles. The molecule has 1 heterocycles. The summed E-state index contributed by atoms with van der Waals surface area (Å²) in [6.45, 7) is 6.35. The van der Waals surface area contributed by atoms with Crippen molar-refractivity contribution in [1.29, 1.82) is 0 Å². The number of amides is 1. The Hall–Kier alpha value is -1.79. The Morgan fingerprint density at radius 2 is 1.59 bits per heavy atom. The van der Waals surface area contributed by atoms with Crippen molar-refractivity contribution in [2.75, 3.05) is 39.3 Å². The molecule has 4 rings (SSSR count). The third kappa shape index (κ3) is 7.11. The molecule has 1 aliphatic heterocycles. The summed E-state index contributed by atoms with van der Waals surface area (Å²) in [4.78, 5) is 16.5. The molecule has 0 bridgehead atoms. The molecular formula is C25H35Cl2N3O2. The fraction of sp³-hybridized carbons (Fsp3) is 0.480. The molecule has 0 radical (unpaired) electrons. The first-order valence-electron chi connectivity index (χ1n) is 11.3. The molecule has 0 spiro atoms. The number of carbonyl (C=O) groups excluding carboxylic acids is 1. The summed E-state index contributed by atoms with van der Waals surface area (Å²) in [6.07, 6.45) is 7.03. The summed E-state index contributed by atoms with van der Waals surface area (Å²) in [6, 6.07) is 16.3. The molecule has 176 valence electrons. The lowest BCUT2D eigenvalue weighted by atomic mass is 9.94. The van der Waals surface area contributed by atoms with Gasteiger partial charge in [0.05, 0.1) is 0 Å². The number of rotatable bonds is 7. The van der Waals surface area contributed by atoms with E-state index in [4.69, 9.17) is 10.5 Å². The van der Waals surface area contributed by atoms with E-state index < -0.39 is 5.91 Å². The summed E-state index contributed by atoms with van der Waals surface area (Å²) >= 11 is 0. The average molecular weight is 480 g/mol. The largest absolute Gasteiger partial charge is 0.492 e. The first-order valence-corrected chi connectivity index (χ1v) is 11.3. The van der Waals surface area contributed by atoms with E-state index in [-0.39, 0.29) is 24.8 Å². The molecule has 1 amide bonds. The van der Waals surface area contributed by atoms with Gasteiger partial charge in [-0.1, -0.05) is 43.5 Å². The van der Waals surface area contributed by atoms with Crippen LogP contribution in [0.4, 0.5) is 0 Å². The van der Waals surface area contributed by atoms with E-state index in [2.05, 4.69) is 21.9 Å². The highest BCUT2D eigenvalue weighted by molar-refractivity contribution is 5.93. The van der Waals surface area contributed by atoms with Gasteiger partial charge in [-0.2, -0.15) is 0 Å². The van der Waals surface area contributed by atoms with E-state index in [0.717, 1.165) is 42.6 Å². The van der Waals surface area contributed by atoms with Crippen LogP contribution in [0.15, 0.2) is 48.5 Å². The number of benzene rings is 2. The van der Waals surface area contributed by atoms with Gasteiger partial charge in [-0.15, -0.1) is 24.8 Å². The number of piperazine rings is 1. The minimum atomic E-state index is -0.404. The molecule has 2 aliphatic rings. The molecule has 2 N–H and O–H groups in total. The Kier molecular flexibility index (Phi) is 10.8. The van der Waals surface area contributed by atoms with Gasteiger partial charge in [0.2, 0.25) is 5.91 Å². The lowest BCUT2D eigenvalue weighted by Crippen LogP contribution is -2.51. The van der Waals surface area contributed by atoms with Crippen molar-refractivity contribution in [3.63, 3.8) is 0 Å². The molecular weight excluding hydrogens is 445 g/mol. The predicted molar refractivity (Wildman–Crippen MR) is 135 cm³/mol. The minimum absolute atomic E-state index is 0. The molecule has 1 aliphatic carbocycles. The average Bonchev–Trinajstić information content (AvgIpc) is 2.80. The maximum Gasteiger partial charge on any atom is 0.248 e.